The molecule has 3 aromatic rings. The highest BCUT2D eigenvalue weighted by Gasteiger charge is 2.10. The van der Waals surface area contributed by atoms with Crippen LogP contribution in [0, 0.1) is 0 Å². The highest BCUT2D eigenvalue weighted by atomic mass is 16.2. The van der Waals surface area contributed by atoms with Crippen molar-refractivity contribution in [3.63, 3.8) is 0 Å². The van der Waals surface area contributed by atoms with E-state index in [9.17, 15) is 9.59 Å². The molecule has 3 aromatic carbocycles. The van der Waals surface area contributed by atoms with Gasteiger partial charge in [0, 0.05) is 30.3 Å². The summed E-state index contributed by atoms with van der Waals surface area (Å²) >= 11 is 0. The molecule has 2 N–H and O–H groups in total. The maximum Gasteiger partial charge on any atom is 0.255 e. The maximum absolute atomic E-state index is 12.6. The molecule has 3 rings (SSSR count). The van der Waals surface area contributed by atoms with E-state index in [0.29, 0.717) is 12.1 Å². The van der Waals surface area contributed by atoms with Crippen LogP contribution in [0.15, 0.2) is 78.9 Å². The predicted octanol–water partition coefficient (Wildman–Crippen LogP) is 4.24. The average Bonchev–Trinajstić information content (AvgIpc) is 2.68. The summed E-state index contributed by atoms with van der Waals surface area (Å²) in [6, 6.07) is 24.9. The van der Waals surface area contributed by atoms with Gasteiger partial charge in [-0.25, -0.2) is 0 Å². The number of benzene rings is 3. The number of carbonyl (C=O) groups is 2. The van der Waals surface area contributed by atoms with Crippen molar-refractivity contribution in [3.05, 3.63) is 90.0 Å². The van der Waals surface area contributed by atoms with Crippen LogP contribution in [0.1, 0.15) is 22.8 Å². The first-order valence-corrected chi connectivity index (χ1v) is 8.42. The molecule has 0 radical (unpaired) electrons. The summed E-state index contributed by atoms with van der Waals surface area (Å²) in [5.74, 6) is -0.246. The number of hydrogen-bond acceptors (Lipinski definition) is 2. The van der Waals surface area contributed by atoms with Gasteiger partial charge in [0.05, 0.1) is 0 Å². The smallest absolute Gasteiger partial charge is 0.255 e. The number of carbonyl (C=O) groups excluding carboxylic acids is 2. The van der Waals surface area contributed by atoms with E-state index >= 15 is 0 Å². The quantitative estimate of drug-likeness (QED) is 0.727. The summed E-state index contributed by atoms with van der Waals surface area (Å²) in [7, 11) is 0. The molecule has 0 saturated carbocycles. The minimum absolute atomic E-state index is 0.0793. The zero-order chi connectivity index (χ0) is 18.4. The summed E-state index contributed by atoms with van der Waals surface area (Å²) in [4.78, 5) is 23.6. The molecule has 0 aliphatic carbocycles. The number of nitrogens with one attached hydrogen (secondary N) is 2. The van der Waals surface area contributed by atoms with Gasteiger partial charge < -0.3 is 10.6 Å². The molecule has 0 aromatic heterocycles. The maximum atomic E-state index is 12.6. The second-order valence-electron chi connectivity index (χ2n) is 5.97. The Morgan fingerprint density at radius 3 is 2.15 bits per heavy atom. The summed E-state index contributed by atoms with van der Waals surface area (Å²) in [6.45, 7) is 1.93. The van der Waals surface area contributed by atoms with Crippen LogP contribution in [0.2, 0.25) is 0 Å². The predicted molar refractivity (Wildman–Crippen MR) is 104 cm³/mol. The van der Waals surface area contributed by atoms with Crippen molar-refractivity contribution < 1.29 is 9.59 Å². The Hall–Kier alpha value is -3.40. The number of para-hydroxylation sites is 1. The third-order valence-corrected chi connectivity index (χ3v) is 4.02. The highest BCUT2D eigenvalue weighted by Crippen LogP contribution is 2.27. The molecule has 0 aliphatic heterocycles. The Morgan fingerprint density at radius 2 is 1.46 bits per heavy atom. The molecule has 0 saturated heterocycles. The first-order valence-electron chi connectivity index (χ1n) is 8.42. The standard InChI is InChI=1S/C22H20N2O2/c1-16(25)23-15-17-11-13-19(14-12-17)22(26)24-21-10-6-5-9-20(21)18-7-3-2-4-8-18/h2-14H,15H2,1H3,(H,23,25)(H,24,26). The molecular formula is C22H20N2O2. The van der Waals surface area contributed by atoms with Gasteiger partial charge in [0.15, 0.2) is 0 Å². The third-order valence-electron chi connectivity index (χ3n) is 4.02. The summed E-state index contributed by atoms with van der Waals surface area (Å²) in [5, 5.41) is 5.72. The van der Waals surface area contributed by atoms with Crippen LogP contribution in [0.25, 0.3) is 11.1 Å². The van der Waals surface area contributed by atoms with Gasteiger partial charge in [-0.2, -0.15) is 0 Å². The number of anilines is 1. The Balaban J connectivity index is 1.75. The molecule has 130 valence electrons. The van der Waals surface area contributed by atoms with E-state index in [1.54, 1.807) is 12.1 Å². The first kappa shape index (κ1) is 17.4. The lowest BCUT2D eigenvalue weighted by Crippen LogP contribution is -2.19. The van der Waals surface area contributed by atoms with Crippen LogP contribution in [0.5, 0.6) is 0 Å². The van der Waals surface area contributed by atoms with Crippen molar-refractivity contribution in [2.45, 2.75) is 13.5 Å². The van der Waals surface area contributed by atoms with Crippen LogP contribution in [0.3, 0.4) is 0 Å². The Morgan fingerprint density at radius 1 is 0.808 bits per heavy atom. The summed E-state index contributed by atoms with van der Waals surface area (Å²) in [5.41, 5.74) is 4.31. The van der Waals surface area contributed by atoms with Gasteiger partial charge in [-0.1, -0.05) is 60.7 Å². The topological polar surface area (TPSA) is 58.2 Å². The fourth-order valence-corrected chi connectivity index (χ4v) is 2.66. The lowest BCUT2D eigenvalue weighted by molar-refractivity contribution is -0.119. The normalized spacial score (nSPS) is 10.2. The molecule has 4 heteroatoms. The monoisotopic (exact) mass is 344 g/mol. The fraction of sp³-hybridized carbons (Fsp3) is 0.0909. The minimum Gasteiger partial charge on any atom is -0.352 e. The molecular weight excluding hydrogens is 324 g/mol. The van der Waals surface area contributed by atoms with Crippen LogP contribution in [-0.2, 0) is 11.3 Å². The lowest BCUT2D eigenvalue weighted by atomic mass is 10.0. The molecule has 26 heavy (non-hydrogen) atoms. The van der Waals surface area contributed by atoms with Crippen LogP contribution in [0.4, 0.5) is 5.69 Å². The van der Waals surface area contributed by atoms with Crippen molar-refractivity contribution in [1.82, 2.24) is 5.32 Å². The summed E-state index contributed by atoms with van der Waals surface area (Å²) < 4.78 is 0. The van der Waals surface area contributed by atoms with Gasteiger partial charge in [-0.15, -0.1) is 0 Å². The highest BCUT2D eigenvalue weighted by molar-refractivity contribution is 6.06. The van der Waals surface area contributed by atoms with E-state index in [-0.39, 0.29) is 11.8 Å². The Labute approximate surface area is 152 Å². The van der Waals surface area contributed by atoms with Gasteiger partial charge in [0.1, 0.15) is 0 Å². The molecule has 0 heterocycles. The second-order valence-corrected chi connectivity index (χ2v) is 5.97. The Kier molecular flexibility index (Phi) is 5.44. The van der Waals surface area contributed by atoms with E-state index in [2.05, 4.69) is 10.6 Å². The van der Waals surface area contributed by atoms with E-state index in [1.165, 1.54) is 6.92 Å². The lowest BCUT2D eigenvalue weighted by Gasteiger charge is -2.12. The van der Waals surface area contributed by atoms with E-state index in [1.807, 2.05) is 66.7 Å². The molecule has 2 amide bonds. The van der Waals surface area contributed by atoms with Crippen molar-refractivity contribution in [1.29, 1.82) is 0 Å². The van der Waals surface area contributed by atoms with Crippen molar-refractivity contribution in [3.8, 4) is 11.1 Å². The molecule has 4 nitrogen and oxygen atoms in total. The van der Waals surface area contributed by atoms with E-state index in [0.717, 1.165) is 22.4 Å². The SMILES string of the molecule is CC(=O)NCc1ccc(C(=O)Nc2ccccc2-c2ccccc2)cc1. The summed E-state index contributed by atoms with van der Waals surface area (Å²) in [6.07, 6.45) is 0. The zero-order valence-corrected chi connectivity index (χ0v) is 14.5. The molecule has 0 unspecified atom stereocenters. The van der Waals surface area contributed by atoms with Gasteiger partial charge in [-0.05, 0) is 29.3 Å². The van der Waals surface area contributed by atoms with E-state index in [4.69, 9.17) is 0 Å². The third kappa shape index (κ3) is 4.36. The van der Waals surface area contributed by atoms with Gasteiger partial charge in [0.2, 0.25) is 5.91 Å². The van der Waals surface area contributed by atoms with Crippen molar-refractivity contribution >= 4 is 17.5 Å². The van der Waals surface area contributed by atoms with E-state index < -0.39 is 0 Å². The van der Waals surface area contributed by atoms with Crippen LogP contribution < -0.4 is 10.6 Å². The average molecular weight is 344 g/mol. The van der Waals surface area contributed by atoms with Crippen molar-refractivity contribution in [2.24, 2.45) is 0 Å². The van der Waals surface area contributed by atoms with Crippen LogP contribution in [-0.4, -0.2) is 11.8 Å². The largest absolute Gasteiger partial charge is 0.352 e. The van der Waals surface area contributed by atoms with Gasteiger partial charge >= 0.3 is 0 Å². The number of rotatable bonds is 5. The van der Waals surface area contributed by atoms with Crippen LogP contribution >= 0.6 is 0 Å². The molecule has 0 spiro atoms. The van der Waals surface area contributed by atoms with Gasteiger partial charge in [0.25, 0.3) is 5.91 Å². The number of amides is 2. The Bertz CT molecular complexity index is 903. The molecule has 0 bridgehead atoms. The fourth-order valence-electron chi connectivity index (χ4n) is 2.66. The first-order chi connectivity index (χ1) is 12.6. The zero-order valence-electron chi connectivity index (χ0n) is 14.5. The number of hydrogen-bond donors (Lipinski definition) is 2. The molecule has 0 atom stereocenters. The molecule has 0 fully saturated rings. The van der Waals surface area contributed by atoms with Gasteiger partial charge in [-0.3, -0.25) is 9.59 Å². The second kappa shape index (κ2) is 8.12. The minimum atomic E-state index is -0.167. The molecule has 0 aliphatic rings. The van der Waals surface area contributed by atoms with Crippen molar-refractivity contribution in [2.75, 3.05) is 5.32 Å².